The predicted molar refractivity (Wildman–Crippen MR) is 229 cm³/mol. The highest BCUT2D eigenvalue weighted by Gasteiger charge is 2.63. The first-order chi connectivity index (χ1) is 31.6. The lowest BCUT2D eigenvalue weighted by atomic mass is 9.73. The number of piperazine rings is 1. The van der Waals surface area contributed by atoms with Gasteiger partial charge in [-0.3, -0.25) is 14.3 Å². The number of H-pyrrole nitrogens is 1. The Kier molecular flexibility index (Phi) is 8.96. The number of carbonyl (C=O) groups is 2. The number of nitrogens with one attached hydrogen (secondary N) is 3. The van der Waals surface area contributed by atoms with Gasteiger partial charge in [0.25, 0.3) is 11.8 Å². The molecule has 3 atom stereocenters. The quantitative estimate of drug-likeness (QED) is 0.123. The average Bonchev–Trinajstić information content (AvgIpc) is 3.56. The molecule has 0 bridgehead atoms. The summed E-state index contributed by atoms with van der Waals surface area (Å²) in [6.07, 6.45) is -3.59. The summed E-state index contributed by atoms with van der Waals surface area (Å²) in [5.41, 5.74) is 1.22. The largest absolute Gasteiger partial charge is 0.435 e. The van der Waals surface area contributed by atoms with Crippen LogP contribution in [0.15, 0.2) is 66.7 Å². The summed E-state index contributed by atoms with van der Waals surface area (Å²) >= 11 is 1.38. The highest BCUT2D eigenvalue weighted by Crippen LogP contribution is 2.64. The number of pyridine rings is 1. The second-order valence-corrected chi connectivity index (χ2v) is 18.9. The number of hydrogen-bond acceptors (Lipinski definition) is 9. The number of fused-ring (bicyclic) bond motifs is 7. The fraction of sp³-hybridized carbons (Fsp3) is 0.348. The fourth-order valence-corrected chi connectivity index (χ4v) is 11.4. The van der Waals surface area contributed by atoms with Gasteiger partial charge in [0.2, 0.25) is 11.9 Å². The molecule has 0 unspecified atom stereocenters. The first-order valence-corrected chi connectivity index (χ1v) is 22.5. The summed E-state index contributed by atoms with van der Waals surface area (Å²) in [5.74, 6) is -8.31. The zero-order valence-electron chi connectivity index (χ0n) is 34.7. The lowest BCUT2D eigenvalue weighted by Gasteiger charge is -2.34. The molecule has 2 amide bonds. The van der Waals surface area contributed by atoms with Gasteiger partial charge in [0.1, 0.15) is 23.9 Å². The molecule has 2 aliphatic heterocycles. The molecular formula is C46H37F7N10O2S. The van der Waals surface area contributed by atoms with Crippen molar-refractivity contribution in [3.63, 3.8) is 0 Å². The molecule has 3 fully saturated rings. The zero-order chi connectivity index (χ0) is 45.4. The number of benzene rings is 3. The third kappa shape index (κ3) is 6.60. The van der Waals surface area contributed by atoms with E-state index in [-0.39, 0.29) is 42.1 Å². The second kappa shape index (κ2) is 14.5. The van der Waals surface area contributed by atoms with Gasteiger partial charge in [-0.25, -0.2) is 18.7 Å². The molecule has 1 saturated heterocycles. The van der Waals surface area contributed by atoms with Crippen molar-refractivity contribution in [3.8, 4) is 11.1 Å². The lowest BCUT2D eigenvalue weighted by molar-refractivity contribution is -0.144. The van der Waals surface area contributed by atoms with Crippen LogP contribution in [0.3, 0.4) is 0 Å². The maximum atomic E-state index is 15.8. The topological polar surface area (TPSA) is 137 Å². The number of aromatic nitrogens is 6. The summed E-state index contributed by atoms with van der Waals surface area (Å²) in [5, 5.41) is 10.1. The van der Waals surface area contributed by atoms with Gasteiger partial charge in [-0.15, -0.1) is 0 Å². The fourth-order valence-electron chi connectivity index (χ4n) is 10.4. The minimum atomic E-state index is -5.05. The number of aromatic amines is 1. The Bertz CT molecular complexity index is 3120. The summed E-state index contributed by atoms with van der Waals surface area (Å²) in [6, 6.07) is 16.6. The first kappa shape index (κ1) is 40.9. The van der Waals surface area contributed by atoms with Crippen molar-refractivity contribution in [1.82, 2.24) is 40.3 Å². The zero-order valence-corrected chi connectivity index (χ0v) is 35.5. The Morgan fingerprint density at radius 3 is 2.38 bits per heavy atom. The van der Waals surface area contributed by atoms with Crippen molar-refractivity contribution in [2.75, 3.05) is 36.0 Å². The third-order valence-electron chi connectivity index (χ3n) is 13.8. The molecule has 4 aromatic heterocycles. The molecule has 1 spiro atoms. The van der Waals surface area contributed by atoms with Gasteiger partial charge in [0, 0.05) is 54.9 Å². The number of nitrogens with zero attached hydrogens (tertiary/aromatic N) is 7. The highest BCUT2D eigenvalue weighted by molar-refractivity contribution is 7.22. The van der Waals surface area contributed by atoms with E-state index in [4.69, 9.17) is 15.0 Å². The predicted octanol–water partition coefficient (Wildman–Crippen LogP) is 8.49. The maximum Gasteiger partial charge on any atom is 0.435 e. The van der Waals surface area contributed by atoms with Crippen molar-refractivity contribution in [2.24, 2.45) is 5.92 Å². The molecule has 66 heavy (non-hydrogen) atoms. The smallest absolute Gasteiger partial charge is 0.346 e. The second-order valence-electron chi connectivity index (χ2n) is 17.9. The number of carbonyl (C=O) groups excluding carboxylic acids is 2. The summed E-state index contributed by atoms with van der Waals surface area (Å²) in [7, 11) is 0. The maximum absolute atomic E-state index is 15.8. The molecule has 3 N–H and O–H groups in total. The molecule has 5 aliphatic rings. The average molecular weight is 927 g/mol. The Labute approximate surface area is 374 Å². The molecule has 0 radical (unpaired) electrons. The van der Waals surface area contributed by atoms with Crippen LogP contribution in [0.5, 0.6) is 0 Å². The van der Waals surface area contributed by atoms with E-state index in [1.807, 2.05) is 42.5 Å². The van der Waals surface area contributed by atoms with Crippen molar-refractivity contribution >= 4 is 55.6 Å². The van der Waals surface area contributed by atoms with E-state index in [1.165, 1.54) is 11.3 Å². The lowest BCUT2D eigenvalue weighted by Crippen LogP contribution is -2.46. The molecule has 6 heterocycles. The number of imidazole rings is 1. The SMILES string of the molecule is O=C(Cn1nc(C(F)(F)F)c2c1C(F)(F)[C@@H]1CC[C@H]21)N[C@@H](Cc1cc(F)cc(F)c1)c1nc2nc(N3CCN(c4nc5ccccc5[nH]4)CC3)sc2cc1-c1ccc2c(c1)C(=O)NC21CC1. The molecule has 12 nitrogen and oxygen atoms in total. The van der Waals surface area contributed by atoms with E-state index in [1.54, 1.807) is 6.07 Å². The minimum absolute atomic E-state index is 0.0292. The van der Waals surface area contributed by atoms with Gasteiger partial charge in [-0.05, 0) is 91.1 Å². The summed E-state index contributed by atoms with van der Waals surface area (Å²) in [6.45, 7) is 1.44. The number of halogens is 7. The number of hydrogen-bond donors (Lipinski definition) is 3. The van der Waals surface area contributed by atoms with Crippen LogP contribution in [0, 0.1) is 17.6 Å². The van der Waals surface area contributed by atoms with Crippen molar-refractivity contribution in [1.29, 1.82) is 0 Å². The highest BCUT2D eigenvalue weighted by atomic mass is 32.1. The van der Waals surface area contributed by atoms with E-state index in [2.05, 4.69) is 30.5 Å². The number of rotatable bonds is 9. The van der Waals surface area contributed by atoms with E-state index >= 15 is 8.78 Å². The van der Waals surface area contributed by atoms with Crippen LogP contribution < -0.4 is 20.4 Å². The summed E-state index contributed by atoms with van der Waals surface area (Å²) in [4.78, 5) is 49.8. The first-order valence-electron chi connectivity index (χ1n) is 21.7. The third-order valence-corrected chi connectivity index (χ3v) is 14.9. The van der Waals surface area contributed by atoms with Crippen molar-refractivity contribution < 1.29 is 40.3 Å². The number of thiazole rings is 1. The number of anilines is 2. The van der Waals surface area contributed by atoms with Crippen LogP contribution in [-0.2, 0) is 35.4 Å². The molecule has 20 heteroatoms. The van der Waals surface area contributed by atoms with E-state index < -0.39 is 76.6 Å². The molecule has 338 valence electrons. The molecule has 3 aromatic carbocycles. The Morgan fingerprint density at radius 1 is 0.909 bits per heavy atom. The summed E-state index contributed by atoms with van der Waals surface area (Å²) < 4.78 is 105. The number of amides is 2. The molecular weight excluding hydrogens is 890 g/mol. The Balaban J connectivity index is 0.929. The monoisotopic (exact) mass is 926 g/mol. The normalized spacial score (nSPS) is 20.6. The van der Waals surface area contributed by atoms with Crippen LogP contribution in [0.25, 0.3) is 32.5 Å². The van der Waals surface area contributed by atoms with Crippen molar-refractivity contribution in [2.45, 2.75) is 68.2 Å². The van der Waals surface area contributed by atoms with Crippen LogP contribution >= 0.6 is 11.3 Å². The Hall–Kier alpha value is -6.57. The number of para-hydroxylation sites is 2. The number of alkyl halides is 5. The van der Waals surface area contributed by atoms with Crippen molar-refractivity contribution in [3.05, 3.63) is 118 Å². The van der Waals surface area contributed by atoms with Gasteiger partial charge < -0.3 is 25.4 Å². The van der Waals surface area contributed by atoms with Crippen LogP contribution in [0.1, 0.15) is 81.8 Å². The van der Waals surface area contributed by atoms with Gasteiger partial charge in [-0.2, -0.15) is 32.0 Å². The van der Waals surface area contributed by atoms with Gasteiger partial charge in [0.15, 0.2) is 16.5 Å². The van der Waals surface area contributed by atoms with Gasteiger partial charge in [0.05, 0.1) is 33.0 Å². The minimum Gasteiger partial charge on any atom is -0.346 e. The molecule has 12 rings (SSSR count). The van der Waals surface area contributed by atoms with Crippen LogP contribution in [-0.4, -0.2) is 67.7 Å². The standard InChI is InChI=1S/C46H37F7N10O2S/c47-24-15-22(16-25(48)19-24)17-33(54-35(64)21-63-39-36(38(60-63)46(51,52)53)26-6-8-30(26)45(39,49)50)37-27(23-5-7-29-28(18-23)41(65)59-44(29)9-10-44)20-34-40(57-37)58-43(66-34)62-13-11-61(12-14-62)42-55-31-3-1-2-4-32(31)56-42/h1-5,7,15-16,18-20,26,30,33H,6,8-14,17,21H2,(H,54,64)(H,55,56)(H,59,65)/t26-,30+,33-/m0/s1. The van der Waals surface area contributed by atoms with Crippen LogP contribution in [0.2, 0.25) is 0 Å². The van der Waals surface area contributed by atoms with Crippen LogP contribution in [0.4, 0.5) is 41.8 Å². The van der Waals surface area contributed by atoms with E-state index in [0.717, 1.165) is 47.5 Å². The van der Waals surface area contributed by atoms with Gasteiger partial charge >= 0.3 is 6.18 Å². The Morgan fingerprint density at radius 2 is 1.67 bits per heavy atom. The molecule has 2 saturated carbocycles. The van der Waals surface area contributed by atoms with Gasteiger partial charge in [-0.1, -0.05) is 35.6 Å². The van der Waals surface area contributed by atoms with E-state index in [0.29, 0.717) is 63.4 Å². The molecule has 3 aliphatic carbocycles. The van der Waals surface area contributed by atoms with E-state index in [9.17, 15) is 31.5 Å². The molecule has 7 aromatic rings.